The number of alkyl halides is 1. The number of benzene rings is 1. The van der Waals surface area contributed by atoms with Gasteiger partial charge in [0.15, 0.2) is 0 Å². The molecule has 0 saturated heterocycles. The van der Waals surface area contributed by atoms with Crippen molar-refractivity contribution in [1.29, 1.82) is 5.26 Å². The maximum absolute atomic E-state index is 9.58. The third-order valence-electron chi connectivity index (χ3n) is 2.59. The minimum absolute atomic E-state index is 0.0949. The minimum atomic E-state index is -0.144. The van der Waals surface area contributed by atoms with Crippen LogP contribution in [0.4, 0.5) is 0 Å². The van der Waals surface area contributed by atoms with Gasteiger partial charge in [0.1, 0.15) is 22.4 Å². The molecule has 0 atom stereocenters. The van der Waals surface area contributed by atoms with Crippen molar-refractivity contribution < 1.29 is 5.11 Å². The van der Waals surface area contributed by atoms with E-state index < -0.39 is 0 Å². The molecule has 5 heteroatoms. The smallest absolute Gasteiger partial charge is 0.138 e. The van der Waals surface area contributed by atoms with E-state index in [0.29, 0.717) is 5.01 Å². The first-order valence-electron chi connectivity index (χ1n) is 5.57. The van der Waals surface area contributed by atoms with Crippen molar-refractivity contribution >= 4 is 28.5 Å². The predicted octanol–water partition coefficient (Wildman–Crippen LogP) is 4.15. The molecule has 0 saturated carbocycles. The van der Waals surface area contributed by atoms with Crippen LogP contribution in [-0.2, 0) is 0 Å². The zero-order chi connectivity index (χ0) is 13.8. The van der Waals surface area contributed by atoms with Gasteiger partial charge in [-0.1, -0.05) is 29.8 Å². The number of hydrogen-bond acceptors (Lipinski definition) is 4. The van der Waals surface area contributed by atoms with E-state index >= 15 is 0 Å². The first-order valence-corrected chi connectivity index (χ1v) is 6.98. The monoisotopic (exact) mass is 290 g/mol. The van der Waals surface area contributed by atoms with Crippen LogP contribution in [-0.4, -0.2) is 16.0 Å². The summed E-state index contributed by atoms with van der Waals surface area (Å²) in [6.45, 7) is 2.02. The number of aliphatic hydroxyl groups excluding tert-OH is 1. The maximum Gasteiger partial charge on any atom is 0.138 e. The first-order chi connectivity index (χ1) is 9.15. The number of allylic oxidation sites excluding steroid dienone is 2. The molecule has 0 radical (unpaired) electrons. The Labute approximate surface area is 120 Å². The summed E-state index contributed by atoms with van der Waals surface area (Å²) in [5.74, 6) is -0.239. The van der Waals surface area contributed by atoms with Crippen LogP contribution in [0.25, 0.3) is 16.8 Å². The molecule has 2 rings (SSSR count). The fraction of sp³-hybridized carbons (Fsp3) is 0.143. The summed E-state index contributed by atoms with van der Waals surface area (Å²) in [6, 6.07) is 9.90. The summed E-state index contributed by atoms with van der Waals surface area (Å²) in [5, 5.41) is 21.0. The Morgan fingerprint density at radius 1 is 1.42 bits per heavy atom. The van der Waals surface area contributed by atoms with Gasteiger partial charge in [-0.05, 0) is 6.92 Å². The summed E-state index contributed by atoms with van der Waals surface area (Å²) >= 11 is 6.85. The Kier molecular flexibility index (Phi) is 4.20. The number of aryl methyl sites for hydroxylation is 1. The molecule has 2 aromatic rings. The van der Waals surface area contributed by atoms with E-state index in [1.807, 2.05) is 42.6 Å². The molecule has 1 aromatic carbocycles. The number of halogens is 1. The molecule has 3 nitrogen and oxygen atoms in total. The van der Waals surface area contributed by atoms with Crippen LogP contribution in [0.2, 0.25) is 0 Å². The molecule has 0 fully saturated rings. The summed E-state index contributed by atoms with van der Waals surface area (Å²) in [4.78, 5) is 4.37. The van der Waals surface area contributed by atoms with Gasteiger partial charge in [0.2, 0.25) is 0 Å². The standard InChI is InChI=1S/C14H11ClN2OS/c1-9-2-4-10(5-3-9)12-8-19-14(17-12)11(7-16)13(18)6-15/h2-5,8,18H,6H2,1H3/b13-11-. The van der Waals surface area contributed by atoms with Crippen LogP contribution < -0.4 is 0 Å². The first kappa shape index (κ1) is 13.6. The number of nitrogens with zero attached hydrogens (tertiary/aromatic N) is 2. The Morgan fingerprint density at radius 2 is 2.11 bits per heavy atom. The molecule has 0 aliphatic rings. The topological polar surface area (TPSA) is 56.9 Å². The van der Waals surface area contributed by atoms with Gasteiger partial charge in [0.05, 0.1) is 11.6 Å². The zero-order valence-corrected chi connectivity index (χ0v) is 11.8. The quantitative estimate of drug-likeness (QED) is 0.525. The fourth-order valence-electron chi connectivity index (χ4n) is 1.55. The molecule has 0 bridgehead atoms. The number of hydrogen-bond donors (Lipinski definition) is 1. The molecule has 1 N–H and O–H groups in total. The molecule has 19 heavy (non-hydrogen) atoms. The maximum atomic E-state index is 9.58. The molecule has 1 heterocycles. The van der Waals surface area contributed by atoms with Crippen LogP contribution in [0.3, 0.4) is 0 Å². The van der Waals surface area contributed by atoms with E-state index in [-0.39, 0.29) is 17.2 Å². The molecule has 0 aliphatic carbocycles. The summed E-state index contributed by atoms with van der Waals surface area (Å²) in [5.41, 5.74) is 3.08. The number of thiazole rings is 1. The summed E-state index contributed by atoms with van der Waals surface area (Å²) < 4.78 is 0. The highest BCUT2D eigenvalue weighted by Gasteiger charge is 2.13. The number of aliphatic hydroxyl groups is 1. The van der Waals surface area contributed by atoms with Crippen molar-refractivity contribution in [2.24, 2.45) is 0 Å². The van der Waals surface area contributed by atoms with Crippen LogP contribution in [0.15, 0.2) is 35.4 Å². The van der Waals surface area contributed by atoms with E-state index in [0.717, 1.165) is 11.3 Å². The van der Waals surface area contributed by atoms with Gasteiger partial charge >= 0.3 is 0 Å². The molecule has 1 aromatic heterocycles. The third kappa shape index (κ3) is 2.95. The van der Waals surface area contributed by atoms with Gasteiger partial charge in [0.25, 0.3) is 0 Å². The van der Waals surface area contributed by atoms with Crippen molar-refractivity contribution in [1.82, 2.24) is 4.98 Å². The van der Waals surface area contributed by atoms with Gasteiger partial charge in [-0.3, -0.25) is 0 Å². The molecule has 0 amide bonds. The lowest BCUT2D eigenvalue weighted by Crippen LogP contribution is -1.90. The van der Waals surface area contributed by atoms with Crippen molar-refractivity contribution in [2.75, 3.05) is 5.88 Å². The van der Waals surface area contributed by atoms with Crippen LogP contribution >= 0.6 is 22.9 Å². The van der Waals surface area contributed by atoms with E-state index in [1.165, 1.54) is 16.9 Å². The second-order valence-corrected chi connectivity index (χ2v) is 5.10. The second-order valence-electron chi connectivity index (χ2n) is 3.97. The van der Waals surface area contributed by atoms with E-state index in [4.69, 9.17) is 16.9 Å². The Bertz CT molecular complexity index is 653. The molecule has 0 spiro atoms. The average molecular weight is 291 g/mol. The Morgan fingerprint density at radius 3 is 2.68 bits per heavy atom. The number of nitriles is 1. The predicted molar refractivity (Wildman–Crippen MR) is 78.2 cm³/mol. The van der Waals surface area contributed by atoms with Crippen LogP contribution in [0.1, 0.15) is 10.6 Å². The minimum Gasteiger partial charge on any atom is -0.510 e. The van der Waals surface area contributed by atoms with Gasteiger partial charge in [-0.15, -0.1) is 22.9 Å². The Balaban J connectivity index is 2.39. The molecule has 96 valence electrons. The van der Waals surface area contributed by atoms with Gasteiger partial charge in [0, 0.05) is 10.9 Å². The molecular formula is C14H11ClN2OS. The number of aromatic nitrogens is 1. The van der Waals surface area contributed by atoms with Crippen LogP contribution in [0, 0.1) is 18.3 Å². The van der Waals surface area contributed by atoms with Crippen molar-refractivity contribution in [3.05, 3.63) is 46.0 Å². The zero-order valence-electron chi connectivity index (χ0n) is 10.2. The molecule has 0 aliphatic heterocycles. The lowest BCUT2D eigenvalue weighted by Gasteiger charge is -1.98. The van der Waals surface area contributed by atoms with E-state index in [1.54, 1.807) is 0 Å². The molecular weight excluding hydrogens is 280 g/mol. The summed E-state index contributed by atoms with van der Waals surface area (Å²) in [7, 11) is 0. The lowest BCUT2D eigenvalue weighted by molar-refractivity contribution is 0.420. The van der Waals surface area contributed by atoms with Gasteiger partial charge < -0.3 is 5.11 Å². The Hall–Kier alpha value is -1.83. The van der Waals surface area contributed by atoms with Gasteiger partial charge in [-0.2, -0.15) is 5.26 Å². The van der Waals surface area contributed by atoms with E-state index in [9.17, 15) is 5.11 Å². The third-order valence-corrected chi connectivity index (χ3v) is 3.71. The SMILES string of the molecule is Cc1ccc(-c2csc(/C(C#N)=C(\O)CCl)n2)cc1. The second kappa shape index (κ2) is 5.87. The summed E-state index contributed by atoms with van der Waals surface area (Å²) in [6.07, 6.45) is 0. The molecule has 0 unspecified atom stereocenters. The van der Waals surface area contributed by atoms with Crippen LogP contribution in [0.5, 0.6) is 0 Å². The number of rotatable bonds is 3. The highest BCUT2D eigenvalue weighted by Crippen LogP contribution is 2.27. The van der Waals surface area contributed by atoms with Crippen molar-refractivity contribution in [3.8, 4) is 17.3 Å². The lowest BCUT2D eigenvalue weighted by atomic mass is 10.1. The van der Waals surface area contributed by atoms with Crippen molar-refractivity contribution in [2.45, 2.75) is 6.92 Å². The van der Waals surface area contributed by atoms with Crippen molar-refractivity contribution in [3.63, 3.8) is 0 Å². The fourth-order valence-corrected chi connectivity index (χ4v) is 2.53. The normalized spacial score (nSPS) is 11.8. The largest absolute Gasteiger partial charge is 0.510 e. The average Bonchev–Trinajstić information content (AvgIpc) is 2.89. The van der Waals surface area contributed by atoms with Gasteiger partial charge in [-0.25, -0.2) is 4.98 Å². The highest BCUT2D eigenvalue weighted by molar-refractivity contribution is 7.11. The highest BCUT2D eigenvalue weighted by atomic mass is 35.5. The van der Waals surface area contributed by atoms with E-state index in [2.05, 4.69) is 4.98 Å².